The van der Waals surface area contributed by atoms with E-state index in [9.17, 15) is 13.2 Å². The maximum Gasteiger partial charge on any atom is 0.573 e. The summed E-state index contributed by atoms with van der Waals surface area (Å²) in [4.78, 5) is 3.54. The summed E-state index contributed by atoms with van der Waals surface area (Å²) in [7, 11) is 0. The molecule has 0 atom stereocenters. The summed E-state index contributed by atoms with van der Waals surface area (Å²) < 4.78 is 39.8. The normalized spacial score (nSPS) is 10.9. The second kappa shape index (κ2) is 4.45. The molecule has 1 aromatic rings. The molecule has 86 valence electrons. The third-order valence-corrected chi connectivity index (χ3v) is 1.90. The van der Waals surface area contributed by atoms with Gasteiger partial charge in [0.25, 0.3) is 0 Å². The van der Waals surface area contributed by atoms with Crippen LogP contribution >= 0.6 is 11.6 Å². The van der Waals surface area contributed by atoms with E-state index in [0.717, 1.165) is 6.20 Å². The van der Waals surface area contributed by atoms with Gasteiger partial charge in [-0.15, -0.1) is 24.8 Å². The van der Waals surface area contributed by atoms with Gasteiger partial charge in [0.15, 0.2) is 11.4 Å². The van der Waals surface area contributed by atoms with Crippen molar-refractivity contribution in [1.82, 2.24) is 4.98 Å². The third kappa shape index (κ3) is 2.67. The van der Waals surface area contributed by atoms with Crippen LogP contribution in [0.25, 0.3) is 0 Å². The molecule has 0 aromatic carbocycles. The van der Waals surface area contributed by atoms with E-state index in [4.69, 9.17) is 22.6 Å². The number of nitrogen functional groups attached to an aromatic ring is 1. The molecule has 0 radical (unpaired) electrons. The molecule has 2 N–H and O–H groups in total. The Morgan fingerprint density at radius 1 is 1.56 bits per heavy atom. The Kier molecular flexibility index (Phi) is 3.44. The molecule has 8 heteroatoms. The monoisotopic (exact) mass is 251 g/mol. The highest BCUT2D eigenvalue weighted by molar-refractivity contribution is 6.17. The highest BCUT2D eigenvalue weighted by Crippen LogP contribution is 2.33. The van der Waals surface area contributed by atoms with E-state index >= 15 is 0 Å². The summed E-state index contributed by atoms with van der Waals surface area (Å²) in [5.74, 6) is -0.928. The lowest BCUT2D eigenvalue weighted by Crippen LogP contribution is -2.19. The topological polar surface area (TPSA) is 71.9 Å². The molecular weight excluding hydrogens is 247 g/mol. The number of nitrogens with zero attached hydrogens (tertiary/aromatic N) is 2. The number of anilines is 1. The van der Waals surface area contributed by atoms with E-state index < -0.39 is 17.8 Å². The first-order valence-corrected chi connectivity index (χ1v) is 4.41. The summed E-state index contributed by atoms with van der Waals surface area (Å²) in [5.41, 5.74) is 4.46. The summed E-state index contributed by atoms with van der Waals surface area (Å²) in [5, 5.41) is 8.54. The maximum absolute atomic E-state index is 12.0. The van der Waals surface area contributed by atoms with Gasteiger partial charge in [-0.25, -0.2) is 4.98 Å². The van der Waals surface area contributed by atoms with Gasteiger partial charge in [-0.3, -0.25) is 0 Å². The zero-order valence-corrected chi connectivity index (χ0v) is 8.43. The van der Waals surface area contributed by atoms with Gasteiger partial charge in [-0.1, -0.05) is 0 Å². The number of ether oxygens (including phenoxy) is 1. The maximum atomic E-state index is 12.0. The summed E-state index contributed by atoms with van der Waals surface area (Å²) in [6, 6.07) is 1.55. The van der Waals surface area contributed by atoms with Crippen molar-refractivity contribution in [2.24, 2.45) is 0 Å². The van der Waals surface area contributed by atoms with Crippen molar-refractivity contribution in [3.63, 3.8) is 0 Å². The van der Waals surface area contributed by atoms with Gasteiger partial charge in [0.1, 0.15) is 11.8 Å². The first-order chi connectivity index (χ1) is 7.39. The Morgan fingerprint density at radius 2 is 2.19 bits per heavy atom. The number of aromatic nitrogens is 1. The van der Waals surface area contributed by atoms with Crippen LogP contribution in [0.5, 0.6) is 5.75 Å². The van der Waals surface area contributed by atoms with Crippen LogP contribution in [-0.2, 0) is 5.88 Å². The Bertz CT molecular complexity index is 441. The van der Waals surface area contributed by atoms with E-state index in [2.05, 4.69) is 9.72 Å². The summed E-state index contributed by atoms with van der Waals surface area (Å²) in [6.07, 6.45) is -3.88. The smallest absolute Gasteiger partial charge is 0.403 e. The molecule has 0 spiro atoms. The number of hydrogen-bond donors (Lipinski definition) is 1. The molecule has 0 unspecified atom stereocenters. The number of nitrogens with two attached hydrogens (primary N) is 1. The van der Waals surface area contributed by atoms with E-state index in [0.29, 0.717) is 0 Å². The first-order valence-electron chi connectivity index (χ1n) is 3.88. The largest absolute Gasteiger partial charge is 0.573 e. The van der Waals surface area contributed by atoms with E-state index in [1.54, 1.807) is 6.07 Å². The molecule has 0 fully saturated rings. The first kappa shape index (κ1) is 12.4. The molecule has 0 amide bonds. The van der Waals surface area contributed by atoms with Crippen molar-refractivity contribution >= 4 is 17.3 Å². The number of alkyl halides is 4. The number of hydrogen-bond acceptors (Lipinski definition) is 4. The lowest BCUT2D eigenvalue weighted by Gasteiger charge is -2.14. The summed E-state index contributed by atoms with van der Waals surface area (Å²) >= 11 is 5.40. The van der Waals surface area contributed by atoms with Crippen LogP contribution in [-0.4, -0.2) is 11.3 Å². The zero-order valence-electron chi connectivity index (χ0n) is 7.68. The van der Waals surface area contributed by atoms with Crippen LogP contribution in [0, 0.1) is 11.3 Å². The fourth-order valence-corrected chi connectivity index (χ4v) is 1.16. The van der Waals surface area contributed by atoms with Crippen LogP contribution in [0.3, 0.4) is 0 Å². The standard InChI is InChI=1S/C8H5ClF3N3O/c9-1-4-3-15-5(2-13)6(14)7(4)16-8(10,11)12/h3H,1,14H2. The molecular formula is C8H5ClF3N3O. The van der Waals surface area contributed by atoms with Crippen molar-refractivity contribution in [2.75, 3.05) is 5.73 Å². The fraction of sp³-hybridized carbons (Fsp3) is 0.250. The number of pyridine rings is 1. The Morgan fingerprint density at radius 3 is 2.62 bits per heavy atom. The van der Waals surface area contributed by atoms with Crippen molar-refractivity contribution in [1.29, 1.82) is 5.26 Å². The molecule has 1 heterocycles. The number of rotatable bonds is 2. The van der Waals surface area contributed by atoms with Crippen molar-refractivity contribution < 1.29 is 17.9 Å². The lowest BCUT2D eigenvalue weighted by atomic mass is 10.2. The van der Waals surface area contributed by atoms with Crippen LogP contribution < -0.4 is 10.5 Å². The molecule has 0 saturated heterocycles. The minimum absolute atomic E-state index is 0.0320. The molecule has 0 aliphatic carbocycles. The van der Waals surface area contributed by atoms with Crippen LogP contribution in [0.1, 0.15) is 11.3 Å². The van der Waals surface area contributed by atoms with Crippen LogP contribution in [0.2, 0.25) is 0 Å². The Balaban J connectivity index is 3.28. The minimum Gasteiger partial charge on any atom is -0.403 e. The van der Waals surface area contributed by atoms with Crippen molar-refractivity contribution in [3.05, 3.63) is 17.5 Å². The van der Waals surface area contributed by atoms with Gasteiger partial charge < -0.3 is 10.5 Å². The number of halogens is 4. The van der Waals surface area contributed by atoms with E-state index in [-0.39, 0.29) is 17.1 Å². The van der Waals surface area contributed by atoms with Crippen molar-refractivity contribution in [2.45, 2.75) is 12.2 Å². The second-order valence-corrected chi connectivity index (χ2v) is 2.94. The Hall–Kier alpha value is -1.68. The zero-order chi connectivity index (χ0) is 12.3. The molecule has 16 heavy (non-hydrogen) atoms. The van der Waals surface area contributed by atoms with E-state index in [1.807, 2.05) is 0 Å². The van der Waals surface area contributed by atoms with Crippen LogP contribution in [0.15, 0.2) is 6.20 Å². The highest BCUT2D eigenvalue weighted by Gasteiger charge is 2.33. The van der Waals surface area contributed by atoms with Crippen LogP contribution in [0.4, 0.5) is 18.9 Å². The molecule has 0 aliphatic heterocycles. The molecule has 4 nitrogen and oxygen atoms in total. The van der Waals surface area contributed by atoms with Crippen molar-refractivity contribution in [3.8, 4) is 11.8 Å². The quantitative estimate of drug-likeness (QED) is 0.818. The molecule has 0 bridgehead atoms. The molecule has 0 saturated carbocycles. The third-order valence-electron chi connectivity index (χ3n) is 1.61. The lowest BCUT2D eigenvalue weighted by molar-refractivity contribution is -0.274. The predicted octanol–water partition coefficient (Wildman–Crippen LogP) is 2.17. The van der Waals surface area contributed by atoms with Gasteiger partial charge in [0.05, 0.1) is 5.88 Å². The van der Waals surface area contributed by atoms with Gasteiger partial charge in [-0.2, -0.15) is 5.26 Å². The highest BCUT2D eigenvalue weighted by atomic mass is 35.5. The average Bonchev–Trinajstić information content (AvgIpc) is 2.19. The fourth-order valence-electron chi connectivity index (χ4n) is 0.972. The molecule has 0 aliphatic rings. The minimum atomic E-state index is -4.90. The van der Waals surface area contributed by atoms with Gasteiger partial charge in [0, 0.05) is 11.8 Å². The van der Waals surface area contributed by atoms with Gasteiger partial charge in [-0.05, 0) is 0 Å². The van der Waals surface area contributed by atoms with Gasteiger partial charge in [0.2, 0.25) is 0 Å². The average molecular weight is 252 g/mol. The molecule has 1 rings (SSSR count). The molecule has 1 aromatic heterocycles. The van der Waals surface area contributed by atoms with Gasteiger partial charge >= 0.3 is 6.36 Å². The second-order valence-electron chi connectivity index (χ2n) is 2.67. The summed E-state index contributed by atoms with van der Waals surface area (Å²) in [6.45, 7) is 0. The number of nitriles is 1. The predicted molar refractivity (Wildman–Crippen MR) is 49.6 cm³/mol. The SMILES string of the molecule is N#Cc1ncc(CCl)c(OC(F)(F)F)c1N. The van der Waals surface area contributed by atoms with E-state index in [1.165, 1.54) is 0 Å². The Labute approximate surface area is 93.4 Å².